The van der Waals surface area contributed by atoms with Gasteiger partial charge < -0.3 is 5.32 Å². The molecule has 0 unspecified atom stereocenters. The van der Waals surface area contributed by atoms with E-state index in [4.69, 9.17) is 0 Å². The SMILES string of the molecule is CCCCCCCCCCCCCCCCCC[NH2+]c1ccccc1. The van der Waals surface area contributed by atoms with E-state index in [1.54, 1.807) is 0 Å². The highest BCUT2D eigenvalue weighted by molar-refractivity contribution is 5.26. The first-order valence-electron chi connectivity index (χ1n) is 11.3. The molecule has 0 saturated heterocycles. The third-order valence-electron chi connectivity index (χ3n) is 5.24. The molecule has 0 spiro atoms. The zero-order valence-corrected chi connectivity index (χ0v) is 17.0. The normalized spacial score (nSPS) is 11.1. The van der Waals surface area contributed by atoms with Crippen LogP contribution < -0.4 is 5.32 Å². The summed E-state index contributed by atoms with van der Waals surface area (Å²) in [6.07, 6.45) is 23.1. The predicted molar refractivity (Wildman–Crippen MR) is 112 cm³/mol. The number of nitrogens with two attached hydrogens (primary N) is 1. The summed E-state index contributed by atoms with van der Waals surface area (Å²) < 4.78 is 0. The van der Waals surface area contributed by atoms with E-state index in [0.29, 0.717) is 0 Å². The van der Waals surface area contributed by atoms with Crippen LogP contribution in [0.4, 0.5) is 5.69 Å². The summed E-state index contributed by atoms with van der Waals surface area (Å²) >= 11 is 0. The molecule has 0 radical (unpaired) electrons. The molecule has 1 aromatic rings. The maximum atomic E-state index is 2.38. The molecule has 0 aromatic heterocycles. The van der Waals surface area contributed by atoms with Crippen molar-refractivity contribution in [3.05, 3.63) is 30.3 Å². The second-order valence-electron chi connectivity index (χ2n) is 7.71. The Morgan fingerprint density at radius 2 is 0.920 bits per heavy atom. The average molecular weight is 347 g/mol. The first-order valence-corrected chi connectivity index (χ1v) is 11.3. The fourth-order valence-electron chi connectivity index (χ4n) is 3.55. The molecule has 0 aliphatic rings. The van der Waals surface area contributed by atoms with E-state index in [1.165, 1.54) is 115 Å². The van der Waals surface area contributed by atoms with E-state index in [9.17, 15) is 0 Å². The molecular weight excluding hydrogens is 302 g/mol. The minimum Gasteiger partial charge on any atom is -0.314 e. The Balaban J connectivity index is 1.69. The molecule has 2 N–H and O–H groups in total. The predicted octanol–water partition coefficient (Wildman–Crippen LogP) is 7.14. The zero-order chi connectivity index (χ0) is 17.8. The van der Waals surface area contributed by atoms with Crippen molar-refractivity contribution in [3.63, 3.8) is 0 Å². The van der Waals surface area contributed by atoms with Crippen LogP contribution in [0.25, 0.3) is 0 Å². The van der Waals surface area contributed by atoms with E-state index in [0.717, 1.165) is 0 Å². The molecule has 1 rings (SSSR count). The van der Waals surface area contributed by atoms with Crippen molar-refractivity contribution in [3.8, 4) is 0 Å². The van der Waals surface area contributed by atoms with Gasteiger partial charge in [-0.05, 0) is 25.0 Å². The second-order valence-corrected chi connectivity index (χ2v) is 7.71. The summed E-state index contributed by atoms with van der Waals surface area (Å²) in [7, 11) is 0. The summed E-state index contributed by atoms with van der Waals surface area (Å²) in [6, 6.07) is 10.7. The van der Waals surface area contributed by atoms with E-state index < -0.39 is 0 Å². The van der Waals surface area contributed by atoms with Crippen LogP contribution in [-0.4, -0.2) is 6.54 Å². The maximum absolute atomic E-state index is 2.38. The third-order valence-corrected chi connectivity index (χ3v) is 5.24. The fourth-order valence-corrected chi connectivity index (χ4v) is 3.55. The number of quaternary nitrogens is 1. The van der Waals surface area contributed by atoms with Gasteiger partial charge in [0.1, 0.15) is 5.69 Å². The summed E-state index contributed by atoms with van der Waals surface area (Å²) in [5.41, 5.74) is 1.38. The Labute approximate surface area is 158 Å². The van der Waals surface area contributed by atoms with Crippen LogP contribution in [0.3, 0.4) is 0 Å². The monoisotopic (exact) mass is 346 g/mol. The van der Waals surface area contributed by atoms with Crippen molar-refractivity contribution in [2.45, 2.75) is 110 Å². The minimum absolute atomic E-state index is 1.24. The molecular formula is C24H44N+. The first kappa shape index (κ1) is 22.2. The van der Waals surface area contributed by atoms with Crippen molar-refractivity contribution < 1.29 is 5.32 Å². The van der Waals surface area contributed by atoms with Gasteiger partial charge in [0.05, 0.1) is 6.54 Å². The van der Waals surface area contributed by atoms with Crippen molar-refractivity contribution in [2.24, 2.45) is 0 Å². The number of rotatable bonds is 18. The summed E-state index contributed by atoms with van der Waals surface area (Å²) in [5, 5.41) is 2.38. The van der Waals surface area contributed by atoms with Gasteiger partial charge in [-0.1, -0.05) is 115 Å². The van der Waals surface area contributed by atoms with Crippen LogP contribution in [0.5, 0.6) is 0 Å². The molecule has 1 nitrogen and oxygen atoms in total. The lowest BCUT2D eigenvalue weighted by atomic mass is 10.0. The van der Waals surface area contributed by atoms with Crippen molar-refractivity contribution in [1.82, 2.24) is 0 Å². The lowest BCUT2D eigenvalue weighted by Gasteiger charge is -2.03. The van der Waals surface area contributed by atoms with Crippen LogP contribution in [0.1, 0.15) is 110 Å². The second kappa shape index (κ2) is 18.0. The smallest absolute Gasteiger partial charge is 0.129 e. The van der Waals surface area contributed by atoms with E-state index in [2.05, 4.69) is 42.6 Å². The zero-order valence-electron chi connectivity index (χ0n) is 17.0. The summed E-state index contributed by atoms with van der Waals surface area (Å²) in [4.78, 5) is 0. The molecule has 0 aliphatic carbocycles. The Hall–Kier alpha value is -0.820. The van der Waals surface area contributed by atoms with Crippen LogP contribution in [0, 0.1) is 0 Å². The number of hydrogen-bond acceptors (Lipinski definition) is 0. The Bertz CT molecular complexity index is 360. The number of benzene rings is 1. The van der Waals surface area contributed by atoms with Gasteiger partial charge in [-0.3, -0.25) is 0 Å². The summed E-state index contributed by atoms with van der Waals surface area (Å²) in [5.74, 6) is 0. The highest BCUT2D eigenvalue weighted by Gasteiger charge is 1.96. The van der Waals surface area contributed by atoms with Gasteiger partial charge in [0.15, 0.2) is 0 Å². The van der Waals surface area contributed by atoms with Crippen LogP contribution in [0.15, 0.2) is 30.3 Å². The van der Waals surface area contributed by atoms with Gasteiger partial charge in [-0.2, -0.15) is 0 Å². The highest BCUT2D eigenvalue weighted by atomic mass is 14.9. The topological polar surface area (TPSA) is 16.6 Å². The molecule has 0 aliphatic heterocycles. The summed E-state index contributed by atoms with van der Waals surface area (Å²) in [6.45, 7) is 3.53. The largest absolute Gasteiger partial charge is 0.314 e. The Morgan fingerprint density at radius 3 is 1.36 bits per heavy atom. The quantitative estimate of drug-likeness (QED) is 0.215. The van der Waals surface area contributed by atoms with Gasteiger partial charge >= 0.3 is 0 Å². The fraction of sp³-hybridized carbons (Fsp3) is 0.750. The van der Waals surface area contributed by atoms with Crippen LogP contribution in [0.2, 0.25) is 0 Å². The van der Waals surface area contributed by atoms with Gasteiger partial charge in [0, 0.05) is 0 Å². The lowest BCUT2D eigenvalue weighted by Crippen LogP contribution is -2.77. The van der Waals surface area contributed by atoms with Crippen molar-refractivity contribution in [2.75, 3.05) is 6.54 Å². The molecule has 0 bridgehead atoms. The van der Waals surface area contributed by atoms with Crippen molar-refractivity contribution >= 4 is 5.69 Å². The molecule has 0 fully saturated rings. The van der Waals surface area contributed by atoms with Gasteiger partial charge in [0.25, 0.3) is 0 Å². The molecule has 1 aromatic carbocycles. The third kappa shape index (κ3) is 15.2. The maximum Gasteiger partial charge on any atom is 0.129 e. The van der Waals surface area contributed by atoms with Crippen LogP contribution in [-0.2, 0) is 0 Å². The average Bonchev–Trinajstić information content (AvgIpc) is 2.65. The first-order chi connectivity index (χ1) is 12.4. The standard InChI is InChI=1S/C24H43N/c1-2-3-4-5-6-7-8-9-10-11-12-13-14-15-16-20-23-25-24-21-18-17-19-22-24/h17-19,21-22,25H,2-16,20,23H2,1H3/p+1. The van der Waals surface area contributed by atoms with Crippen molar-refractivity contribution in [1.29, 1.82) is 0 Å². The van der Waals surface area contributed by atoms with Gasteiger partial charge in [-0.25, -0.2) is 0 Å². The van der Waals surface area contributed by atoms with Crippen LogP contribution >= 0.6 is 0 Å². The molecule has 1 heteroatoms. The highest BCUT2D eigenvalue weighted by Crippen LogP contribution is 2.13. The van der Waals surface area contributed by atoms with E-state index in [-0.39, 0.29) is 0 Å². The number of hydrogen-bond donors (Lipinski definition) is 1. The lowest BCUT2D eigenvalue weighted by molar-refractivity contribution is -0.572. The van der Waals surface area contributed by atoms with Gasteiger partial charge in [0.2, 0.25) is 0 Å². The Morgan fingerprint density at radius 1 is 0.520 bits per heavy atom. The molecule has 0 amide bonds. The van der Waals surface area contributed by atoms with E-state index in [1.807, 2.05) is 0 Å². The molecule has 0 atom stereocenters. The number of unbranched alkanes of at least 4 members (excludes halogenated alkanes) is 15. The molecule has 0 heterocycles. The number of para-hydroxylation sites is 1. The van der Waals surface area contributed by atoms with Gasteiger partial charge in [-0.15, -0.1) is 0 Å². The molecule has 0 saturated carbocycles. The molecule has 144 valence electrons. The van der Waals surface area contributed by atoms with E-state index >= 15 is 0 Å². The molecule has 25 heavy (non-hydrogen) atoms. The minimum atomic E-state index is 1.24. The Kier molecular flexibility index (Phi) is 16.0.